The summed E-state index contributed by atoms with van der Waals surface area (Å²) in [6.07, 6.45) is 1.01. The van der Waals surface area contributed by atoms with Crippen molar-refractivity contribution in [1.82, 2.24) is 4.90 Å². The number of carbonyl (C=O) groups excluding carboxylic acids is 1. The van der Waals surface area contributed by atoms with E-state index in [1.54, 1.807) is 0 Å². The first-order valence-corrected chi connectivity index (χ1v) is 6.02. The van der Waals surface area contributed by atoms with Gasteiger partial charge < -0.3 is 4.74 Å². The third-order valence-electron chi connectivity index (χ3n) is 3.63. The van der Waals surface area contributed by atoms with Gasteiger partial charge in [0.05, 0.1) is 7.11 Å². The average molecular weight is 233 g/mol. The molecule has 17 heavy (non-hydrogen) atoms. The molecular formula is C14H19NO2. The van der Waals surface area contributed by atoms with Crippen molar-refractivity contribution in [3.8, 4) is 0 Å². The zero-order chi connectivity index (χ0) is 12.4. The largest absolute Gasteiger partial charge is 0.468 e. The van der Waals surface area contributed by atoms with Gasteiger partial charge in [0.1, 0.15) is 6.04 Å². The number of nitrogens with zero attached hydrogens (tertiary/aromatic N) is 1. The Bertz CT molecular complexity index is 428. The lowest BCUT2D eigenvalue weighted by Crippen LogP contribution is -2.42. The van der Waals surface area contributed by atoms with Gasteiger partial charge in [-0.3, -0.25) is 9.69 Å². The molecule has 1 aromatic carbocycles. The Kier molecular flexibility index (Phi) is 3.48. The second-order valence-electron chi connectivity index (χ2n) is 4.63. The summed E-state index contributed by atoms with van der Waals surface area (Å²) < 4.78 is 4.80. The molecule has 1 heterocycles. The fourth-order valence-corrected chi connectivity index (χ4v) is 2.42. The van der Waals surface area contributed by atoms with Crippen LogP contribution in [-0.2, 0) is 22.5 Å². The molecule has 1 aliphatic heterocycles. The first kappa shape index (κ1) is 12.1. The van der Waals surface area contributed by atoms with Crippen LogP contribution in [0.5, 0.6) is 0 Å². The van der Waals surface area contributed by atoms with Crippen LogP contribution in [0.1, 0.15) is 23.6 Å². The molecule has 1 atom stereocenters. The van der Waals surface area contributed by atoms with Crippen LogP contribution >= 0.6 is 0 Å². The highest BCUT2D eigenvalue weighted by molar-refractivity contribution is 5.75. The summed E-state index contributed by atoms with van der Waals surface area (Å²) in [6.45, 7) is 5.81. The number of aryl methyl sites for hydroxylation is 1. The number of benzene rings is 1. The van der Waals surface area contributed by atoms with Gasteiger partial charge >= 0.3 is 5.97 Å². The van der Waals surface area contributed by atoms with Gasteiger partial charge in [-0.2, -0.15) is 0 Å². The van der Waals surface area contributed by atoms with E-state index in [9.17, 15) is 4.79 Å². The first-order chi connectivity index (χ1) is 8.13. The number of fused-ring (bicyclic) bond motifs is 1. The van der Waals surface area contributed by atoms with Crippen molar-refractivity contribution in [3.05, 3.63) is 34.9 Å². The number of hydrogen-bond donors (Lipinski definition) is 0. The Morgan fingerprint density at radius 3 is 2.94 bits per heavy atom. The topological polar surface area (TPSA) is 29.5 Å². The molecule has 0 saturated heterocycles. The van der Waals surface area contributed by atoms with E-state index in [1.165, 1.54) is 23.8 Å². The first-order valence-electron chi connectivity index (χ1n) is 6.02. The minimum Gasteiger partial charge on any atom is -0.468 e. The second-order valence-corrected chi connectivity index (χ2v) is 4.63. The Hall–Kier alpha value is -1.35. The van der Waals surface area contributed by atoms with Gasteiger partial charge in [0.2, 0.25) is 0 Å². The maximum absolute atomic E-state index is 11.5. The lowest BCUT2D eigenvalue weighted by molar-refractivity contribution is -0.146. The van der Waals surface area contributed by atoms with E-state index in [0.29, 0.717) is 0 Å². The smallest absolute Gasteiger partial charge is 0.322 e. The number of ether oxygens (including phenoxy) is 1. The molecule has 2 rings (SSSR count). The summed E-state index contributed by atoms with van der Waals surface area (Å²) in [5.74, 6) is -0.151. The molecule has 0 aliphatic carbocycles. The third-order valence-corrected chi connectivity index (χ3v) is 3.63. The fraction of sp³-hybridized carbons (Fsp3) is 0.500. The van der Waals surface area contributed by atoms with Gasteiger partial charge in [-0.15, -0.1) is 0 Å². The standard InChI is InChI=1S/C14H19NO2/c1-10-5-4-6-12-7-8-15(9-13(10)12)11(2)14(16)17-3/h4-6,11H,7-9H2,1-3H3. The van der Waals surface area contributed by atoms with E-state index in [-0.39, 0.29) is 12.0 Å². The summed E-state index contributed by atoms with van der Waals surface area (Å²) in [4.78, 5) is 13.7. The van der Waals surface area contributed by atoms with Crippen LogP contribution < -0.4 is 0 Å². The summed E-state index contributed by atoms with van der Waals surface area (Å²) in [6, 6.07) is 6.26. The Labute approximate surface area is 102 Å². The monoisotopic (exact) mass is 233 g/mol. The lowest BCUT2D eigenvalue weighted by Gasteiger charge is -2.33. The van der Waals surface area contributed by atoms with Crippen LogP contribution in [0.2, 0.25) is 0 Å². The zero-order valence-corrected chi connectivity index (χ0v) is 10.7. The molecule has 0 radical (unpaired) electrons. The summed E-state index contributed by atoms with van der Waals surface area (Å²) in [7, 11) is 1.45. The van der Waals surface area contributed by atoms with Crippen LogP contribution in [0.15, 0.2) is 18.2 Å². The Morgan fingerprint density at radius 1 is 1.47 bits per heavy atom. The Balaban J connectivity index is 2.18. The molecule has 1 aromatic rings. The SMILES string of the molecule is COC(=O)C(C)N1CCc2cccc(C)c2C1. The molecule has 3 heteroatoms. The summed E-state index contributed by atoms with van der Waals surface area (Å²) >= 11 is 0. The minimum absolute atomic E-state index is 0.151. The molecule has 92 valence electrons. The molecular weight excluding hydrogens is 214 g/mol. The summed E-state index contributed by atoms with van der Waals surface area (Å²) in [5.41, 5.74) is 4.09. The molecule has 0 aromatic heterocycles. The highest BCUT2D eigenvalue weighted by Crippen LogP contribution is 2.23. The maximum Gasteiger partial charge on any atom is 0.322 e. The van der Waals surface area contributed by atoms with E-state index in [4.69, 9.17) is 4.74 Å². The van der Waals surface area contributed by atoms with E-state index < -0.39 is 0 Å². The zero-order valence-electron chi connectivity index (χ0n) is 10.7. The van der Waals surface area contributed by atoms with Crippen LogP contribution in [0, 0.1) is 6.92 Å². The van der Waals surface area contributed by atoms with Crippen molar-refractivity contribution in [2.24, 2.45) is 0 Å². The quantitative estimate of drug-likeness (QED) is 0.731. The predicted octanol–water partition coefficient (Wildman–Crippen LogP) is 1.91. The number of esters is 1. The minimum atomic E-state index is -0.159. The van der Waals surface area contributed by atoms with Crippen LogP contribution in [0.3, 0.4) is 0 Å². The number of hydrogen-bond acceptors (Lipinski definition) is 3. The third kappa shape index (κ3) is 2.34. The normalized spacial score (nSPS) is 17.4. The molecule has 0 saturated carbocycles. The molecule has 0 N–H and O–H groups in total. The van der Waals surface area contributed by atoms with Gasteiger partial charge in [-0.25, -0.2) is 0 Å². The van der Waals surface area contributed by atoms with Gasteiger partial charge in [-0.1, -0.05) is 18.2 Å². The average Bonchev–Trinajstić information content (AvgIpc) is 2.37. The Morgan fingerprint density at radius 2 is 2.24 bits per heavy atom. The van der Waals surface area contributed by atoms with E-state index in [2.05, 4.69) is 30.0 Å². The van der Waals surface area contributed by atoms with E-state index >= 15 is 0 Å². The molecule has 1 aliphatic rings. The molecule has 3 nitrogen and oxygen atoms in total. The predicted molar refractivity (Wildman–Crippen MR) is 66.8 cm³/mol. The summed E-state index contributed by atoms with van der Waals surface area (Å²) in [5, 5.41) is 0. The number of carbonyl (C=O) groups is 1. The molecule has 0 fully saturated rings. The van der Waals surface area contributed by atoms with Crippen LogP contribution in [0.25, 0.3) is 0 Å². The van der Waals surface area contributed by atoms with Crippen molar-refractivity contribution < 1.29 is 9.53 Å². The van der Waals surface area contributed by atoms with Crippen molar-refractivity contribution in [1.29, 1.82) is 0 Å². The van der Waals surface area contributed by atoms with E-state index in [1.807, 2.05) is 6.92 Å². The van der Waals surface area contributed by atoms with Crippen LogP contribution in [-0.4, -0.2) is 30.6 Å². The van der Waals surface area contributed by atoms with Crippen LogP contribution in [0.4, 0.5) is 0 Å². The maximum atomic E-state index is 11.5. The van der Waals surface area contributed by atoms with Gasteiger partial charge in [-0.05, 0) is 37.0 Å². The molecule has 1 unspecified atom stereocenters. The van der Waals surface area contributed by atoms with Crippen molar-refractivity contribution in [3.63, 3.8) is 0 Å². The number of rotatable bonds is 2. The van der Waals surface area contributed by atoms with Gasteiger partial charge in [0.25, 0.3) is 0 Å². The molecule has 0 bridgehead atoms. The van der Waals surface area contributed by atoms with Gasteiger partial charge in [0.15, 0.2) is 0 Å². The van der Waals surface area contributed by atoms with Gasteiger partial charge in [0, 0.05) is 13.1 Å². The number of methoxy groups -OCH3 is 1. The molecule has 0 spiro atoms. The van der Waals surface area contributed by atoms with Crippen molar-refractivity contribution >= 4 is 5.97 Å². The van der Waals surface area contributed by atoms with E-state index in [0.717, 1.165) is 19.5 Å². The lowest BCUT2D eigenvalue weighted by atomic mass is 9.95. The van der Waals surface area contributed by atoms with Crippen molar-refractivity contribution in [2.75, 3.05) is 13.7 Å². The highest BCUT2D eigenvalue weighted by atomic mass is 16.5. The highest BCUT2D eigenvalue weighted by Gasteiger charge is 2.26. The fourth-order valence-electron chi connectivity index (χ4n) is 2.42. The second kappa shape index (κ2) is 4.88. The molecule has 0 amide bonds. The van der Waals surface area contributed by atoms with Crippen molar-refractivity contribution in [2.45, 2.75) is 32.9 Å².